The molecule has 33 heavy (non-hydrogen) atoms. The van der Waals surface area contributed by atoms with E-state index in [9.17, 15) is 9.59 Å². The van der Waals surface area contributed by atoms with Crippen LogP contribution >= 0.6 is 0 Å². The molecule has 0 amide bonds. The fourth-order valence-corrected chi connectivity index (χ4v) is 4.62. The minimum absolute atomic E-state index is 0.00601. The number of esters is 1. The van der Waals surface area contributed by atoms with E-state index >= 15 is 0 Å². The standard InChI is InChI=1S/C25H30N4O4/c1-5-32-24(31)17-12-28-18(9-19(17)30)23-16-7-6-8-20(33-14-15-10-26-11-15)22(16)27-29(23)13-21(28)25(2,3)4/h6-9,12,15,21,26H,5,10-11,13-14H2,1-4H3. The van der Waals surface area contributed by atoms with Crippen LogP contribution in [0.1, 0.15) is 44.1 Å². The molecule has 2 aromatic heterocycles. The van der Waals surface area contributed by atoms with Crippen molar-refractivity contribution in [2.24, 2.45) is 11.3 Å². The predicted octanol–water partition coefficient (Wildman–Crippen LogP) is 3.24. The molecule has 1 saturated heterocycles. The van der Waals surface area contributed by atoms with Gasteiger partial charge in [0.05, 0.1) is 37.2 Å². The molecule has 1 atom stereocenters. The number of aromatic nitrogens is 3. The highest BCUT2D eigenvalue weighted by atomic mass is 16.5. The first-order valence-corrected chi connectivity index (χ1v) is 11.5. The number of benzene rings is 1. The smallest absolute Gasteiger partial charge is 0.343 e. The van der Waals surface area contributed by atoms with Crippen LogP contribution in [0.2, 0.25) is 0 Å². The van der Waals surface area contributed by atoms with Gasteiger partial charge in [0.15, 0.2) is 5.43 Å². The zero-order valence-corrected chi connectivity index (χ0v) is 19.6. The molecule has 3 aromatic rings. The third-order valence-corrected chi connectivity index (χ3v) is 6.57. The topological polar surface area (TPSA) is 87.4 Å². The van der Waals surface area contributed by atoms with Gasteiger partial charge in [-0.15, -0.1) is 0 Å². The molecule has 1 unspecified atom stereocenters. The summed E-state index contributed by atoms with van der Waals surface area (Å²) in [5, 5.41) is 9.12. The Kier molecular flexibility index (Phi) is 5.28. The van der Waals surface area contributed by atoms with E-state index in [1.807, 2.05) is 22.9 Å². The molecule has 8 heteroatoms. The summed E-state index contributed by atoms with van der Waals surface area (Å²) in [4.78, 5) is 25.4. The highest BCUT2D eigenvalue weighted by Gasteiger charge is 2.35. The van der Waals surface area contributed by atoms with Gasteiger partial charge in [-0.25, -0.2) is 4.79 Å². The Morgan fingerprint density at radius 3 is 2.73 bits per heavy atom. The van der Waals surface area contributed by atoms with Crippen LogP contribution in [-0.2, 0) is 11.3 Å². The van der Waals surface area contributed by atoms with Crippen molar-refractivity contribution < 1.29 is 14.3 Å². The van der Waals surface area contributed by atoms with E-state index in [2.05, 4.69) is 30.7 Å². The molecule has 2 aliphatic heterocycles. The summed E-state index contributed by atoms with van der Waals surface area (Å²) in [7, 11) is 0. The van der Waals surface area contributed by atoms with Gasteiger partial charge >= 0.3 is 5.97 Å². The lowest BCUT2D eigenvalue weighted by Crippen LogP contribution is -2.45. The second-order valence-corrected chi connectivity index (χ2v) is 9.96. The molecule has 174 valence electrons. The lowest BCUT2D eigenvalue weighted by Gasteiger charge is -2.38. The monoisotopic (exact) mass is 450 g/mol. The number of hydrogen-bond donors (Lipinski definition) is 1. The number of nitrogens with one attached hydrogen (secondary N) is 1. The van der Waals surface area contributed by atoms with Crippen molar-refractivity contribution in [1.82, 2.24) is 19.7 Å². The van der Waals surface area contributed by atoms with Gasteiger partial charge in [0.25, 0.3) is 0 Å². The lowest BCUT2D eigenvalue weighted by molar-refractivity contribution is 0.0522. The fraction of sp³-hybridized carbons (Fsp3) is 0.480. The van der Waals surface area contributed by atoms with Crippen LogP contribution < -0.4 is 15.5 Å². The predicted molar refractivity (Wildman–Crippen MR) is 126 cm³/mol. The van der Waals surface area contributed by atoms with Gasteiger partial charge in [-0.05, 0) is 18.4 Å². The van der Waals surface area contributed by atoms with E-state index in [1.54, 1.807) is 19.2 Å². The molecule has 0 aliphatic carbocycles. The van der Waals surface area contributed by atoms with Crippen LogP contribution in [0, 0.1) is 11.3 Å². The summed E-state index contributed by atoms with van der Waals surface area (Å²) in [5.74, 6) is 0.685. The second-order valence-electron chi connectivity index (χ2n) is 9.96. The van der Waals surface area contributed by atoms with E-state index in [0.29, 0.717) is 19.1 Å². The maximum absolute atomic E-state index is 12.9. The molecule has 5 rings (SSSR count). The number of carbonyl (C=O) groups is 1. The van der Waals surface area contributed by atoms with Crippen molar-refractivity contribution in [2.75, 3.05) is 26.3 Å². The van der Waals surface area contributed by atoms with Gasteiger partial charge < -0.3 is 19.4 Å². The molecule has 0 spiro atoms. The number of hydrogen-bond acceptors (Lipinski definition) is 6. The maximum Gasteiger partial charge on any atom is 0.343 e. The molecular formula is C25H30N4O4. The summed E-state index contributed by atoms with van der Waals surface area (Å²) in [5.41, 5.74) is 1.99. The second kappa shape index (κ2) is 8.02. The normalized spacial score (nSPS) is 17.9. The van der Waals surface area contributed by atoms with E-state index in [4.69, 9.17) is 14.6 Å². The Hall–Kier alpha value is -3.13. The van der Waals surface area contributed by atoms with Crippen molar-refractivity contribution in [3.05, 3.63) is 46.2 Å². The van der Waals surface area contributed by atoms with E-state index < -0.39 is 5.97 Å². The molecule has 8 nitrogen and oxygen atoms in total. The Labute approximate surface area is 192 Å². The van der Waals surface area contributed by atoms with E-state index in [-0.39, 0.29) is 29.1 Å². The Morgan fingerprint density at radius 1 is 1.27 bits per heavy atom. The van der Waals surface area contributed by atoms with Crippen molar-refractivity contribution in [2.45, 2.75) is 40.3 Å². The Bertz CT molecular complexity index is 1280. The van der Waals surface area contributed by atoms with Gasteiger partial charge in [-0.1, -0.05) is 32.9 Å². The van der Waals surface area contributed by atoms with Gasteiger partial charge in [-0.3, -0.25) is 9.48 Å². The number of ether oxygens (including phenoxy) is 2. The fourth-order valence-electron chi connectivity index (χ4n) is 4.62. The molecule has 4 heterocycles. The molecule has 1 N–H and O–H groups in total. The van der Waals surface area contributed by atoms with Gasteiger partial charge in [0.1, 0.15) is 16.8 Å². The molecule has 1 fully saturated rings. The van der Waals surface area contributed by atoms with Crippen LogP contribution in [0.25, 0.3) is 22.3 Å². The minimum Gasteiger partial charge on any atom is -0.491 e. The van der Waals surface area contributed by atoms with Gasteiger partial charge in [-0.2, -0.15) is 5.10 Å². The number of fused-ring (bicyclic) bond motifs is 5. The Balaban J connectivity index is 1.66. The average Bonchev–Trinajstić information content (AvgIpc) is 3.10. The zero-order valence-electron chi connectivity index (χ0n) is 19.6. The first kappa shape index (κ1) is 21.7. The van der Waals surface area contributed by atoms with Crippen LogP contribution in [0.15, 0.2) is 35.3 Å². The largest absolute Gasteiger partial charge is 0.491 e. The van der Waals surface area contributed by atoms with Crippen molar-refractivity contribution in [3.63, 3.8) is 0 Å². The summed E-state index contributed by atoms with van der Waals surface area (Å²) in [6, 6.07) is 7.46. The third-order valence-electron chi connectivity index (χ3n) is 6.57. The van der Waals surface area contributed by atoms with E-state index in [0.717, 1.165) is 41.1 Å². The summed E-state index contributed by atoms with van der Waals surface area (Å²) in [6.07, 6.45) is 1.66. The molecule has 2 aliphatic rings. The van der Waals surface area contributed by atoms with Crippen LogP contribution in [0.4, 0.5) is 0 Å². The van der Waals surface area contributed by atoms with Crippen molar-refractivity contribution in [1.29, 1.82) is 0 Å². The number of pyridine rings is 1. The van der Waals surface area contributed by atoms with Crippen LogP contribution in [0.3, 0.4) is 0 Å². The highest BCUT2D eigenvalue weighted by Crippen LogP contribution is 2.43. The molecule has 0 saturated carbocycles. The summed E-state index contributed by atoms with van der Waals surface area (Å²) >= 11 is 0. The zero-order chi connectivity index (χ0) is 23.3. The molecule has 1 aromatic carbocycles. The Morgan fingerprint density at radius 2 is 2.06 bits per heavy atom. The number of carbonyl (C=O) groups excluding carboxylic acids is 1. The van der Waals surface area contributed by atoms with Gasteiger partial charge in [0, 0.05) is 36.7 Å². The number of nitrogens with zero attached hydrogens (tertiary/aromatic N) is 3. The summed E-state index contributed by atoms with van der Waals surface area (Å²) < 4.78 is 15.3. The molecule has 0 bridgehead atoms. The summed E-state index contributed by atoms with van der Waals surface area (Å²) in [6.45, 7) is 11.6. The first-order valence-electron chi connectivity index (χ1n) is 11.5. The van der Waals surface area contributed by atoms with Crippen LogP contribution in [-0.4, -0.2) is 46.6 Å². The molecule has 0 radical (unpaired) electrons. The van der Waals surface area contributed by atoms with Crippen LogP contribution in [0.5, 0.6) is 5.75 Å². The van der Waals surface area contributed by atoms with Crippen molar-refractivity contribution >= 4 is 16.9 Å². The third kappa shape index (κ3) is 3.72. The van der Waals surface area contributed by atoms with E-state index in [1.165, 1.54) is 0 Å². The van der Waals surface area contributed by atoms with Crippen molar-refractivity contribution in [3.8, 4) is 17.1 Å². The average molecular weight is 451 g/mol. The van der Waals surface area contributed by atoms with Gasteiger partial charge in [0.2, 0.25) is 0 Å². The maximum atomic E-state index is 12.9. The first-order chi connectivity index (χ1) is 15.8. The minimum atomic E-state index is -0.587. The molecular weight excluding hydrogens is 420 g/mol. The number of rotatable bonds is 5. The lowest BCUT2D eigenvalue weighted by atomic mass is 9.85. The highest BCUT2D eigenvalue weighted by molar-refractivity contribution is 5.97. The quantitative estimate of drug-likeness (QED) is 0.601. The SMILES string of the molecule is CCOC(=O)c1cn2c(cc1=O)-c1c3cccc(OCC4CNC4)c3nn1CC2C(C)(C)C.